The molecule has 1 saturated heterocycles. The Morgan fingerprint density at radius 2 is 0.931 bits per heavy atom. The van der Waals surface area contributed by atoms with Crippen LogP contribution in [-0.4, -0.2) is 250 Å². The summed E-state index contributed by atoms with van der Waals surface area (Å²) in [6, 6.07) is -12.3. The average molecular weight is 1250 g/mol. The third-order valence-corrected chi connectivity index (χ3v) is 17.0. The van der Waals surface area contributed by atoms with Crippen LogP contribution in [0.3, 0.4) is 0 Å². The highest BCUT2D eigenvalue weighted by molar-refractivity contribution is 7.80. The van der Waals surface area contributed by atoms with Crippen molar-refractivity contribution in [3.63, 3.8) is 0 Å². The van der Waals surface area contributed by atoms with Crippen molar-refractivity contribution in [2.45, 2.75) is 216 Å². The summed E-state index contributed by atoms with van der Waals surface area (Å²) in [5.74, 6) is -8.88. The monoisotopic (exact) mass is 1250 g/mol. The average Bonchev–Trinajstić information content (AvgIpc) is 1.23. The molecule has 5 N–H and O–H groups in total. The summed E-state index contributed by atoms with van der Waals surface area (Å²) in [7, 11) is 11.5. The van der Waals surface area contributed by atoms with Gasteiger partial charge in [0.1, 0.15) is 54.4 Å². The lowest BCUT2D eigenvalue weighted by atomic mass is 9.91. The number of amides is 10. The molecule has 0 aromatic rings. The van der Waals surface area contributed by atoms with Crippen LogP contribution in [-0.2, 0) is 47.9 Å². The van der Waals surface area contributed by atoms with Gasteiger partial charge in [0.05, 0.1) is 30.3 Å². The Bertz CT molecular complexity index is 2390. The highest BCUT2D eigenvalue weighted by Crippen LogP contribution is 2.27. The lowest BCUT2D eigenvalue weighted by Gasteiger charge is -2.42. The van der Waals surface area contributed by atoms with Gasteiger partial charge >= 0.3 is 0 Å². The van der Waals surface area contributed by atoms with E-state index in [2.05, 4.69) is 16.0 Å². The zero-order valence-corrected chi connectivity index (χ0v) is 58.0. The molecule has 498 valence electrons. The fourth-order valence-corrected chi connectivity index (χ4v) is 11.4. The van der Waals surface area contributed by atoms with E-state index in [0.29, 0.717) is 12.8 Å². The van der Waals surface area contributed by atoms with Gasteiger partial charge in [0.15, 0.2) is 0 Å². The number of rotatable bonds is 16. The molecule has 1 heterocycles. The van der Waals surface area contributed by atoms with E-state index in [9.17, 15) is 39.0 Å². The minimum atomic E-state index is -1.59. The first-order valence-electron chi connectivity index (χ1n) is 31.1. The first-order chi connectivity index (χ1) is 40.2. The first kappa shape index (κ1) is 79.3. The van der Waals surface area contributed by atoms with Crippen LogP contribution in [0.4, 0.5) is 0 Å². The minimum Gasteiger partial charge on any atom is -0.394 e. The van der Waals surface area contributed by atoms with Crippen LogP contribution in [0.1, 0.15) is 149 Å². The molecule has 1 rings (SSSR count). The summed E-state index contributed by atoms with van der Waals surface area (Å²) in [6.45, 7) is 27.4. The molecule has 0 spiro atoms. The van der Waals surface area contributed by atoms with Crippen molar-refractivity contribution in [1.82, 2.24) is 55.1 Å². The molecule has 12 atom stereocenters. The molecule has 23 nitrogen and oxygen atoms in total. The molecule has 0 radical (unpaired) electrons. The number of hydrogen-bond donors (Lipinski definition) is 5. The molecule has 10 amide bonds. The summed E-state index contributed by atoms with van der Waals surface area (Å²) in [6.07, 6.45) is 3.24. The number of aliphatic hydroxyl groups excluding tert-OH is 2. The molecule has 0 aliphatic carbocycles. The zero-order chi connectivity index (χ0) is 67.6. The Labute approximate surface area is 526 Å². The standard InChI is InChI=1S/C63H113N11O12S/c1-25-27-28-41(15)53(77)52-63(86)69(19)44(26-2)58(81)67(17)33-49(76)68(18)46(30-36(5)6)56(87)66-50(39(11)12)61(84)70(20)45(29-35(3)4)55(79)64-42(16)54(78)65-43(34-75)57(80)71(21)47(31-37(7)8)59(82)72(22)48(32-38(9)10)60(83)73(23)51(40(13)14)62(85)74(52)24/h25,27,35-48,50-53,75,77H,26,28-34H2,1-24H3,(H,64,79)(H,65,78)(H,66,87)/b27-25+/t41-,42+,43-,44+,45+,46+,47+,48+,50+,51+,52+,53-/m1/s1. The normalized spacial score (nSPS) is 26.7. The molecule has 0 bridgehead atoms. The molecule has 1 fully saturated rings. The molecular formula is C63H113N11O12S. The van der Waals surface area contributed by atoms with Crippen LogP contribution in [0.15, 0.2) is 12.2 Å². The van der Waals surface area contributed by atoms with Crippen LogP contribution in [0.5, 0.6) is 0 Å². The van der Waals surface area contributed by atoms with Gasteiger partial charge in [-0.05, 0) is 93.8 Å². The van der Waals surface area contributed by atoms with Gasteiger partial charge < -0.3 is 65.4 Å². The van der Waals surface area contributed by atoms with E-state index in [4.69, 9.17) is 12.2 Å². The van der Waals surface area contributed by atoms with Crippen molar-refractivity contribution in [2.24, 2.45) is 41.4 Å². The molecule has 1 aliphatic heterocycles. The lowest BCUT2D eigenvalue weighted by Crippen LogP contribution is -2.63. The second kappa shape index (κ2) is 36.0. The first-order valence-corrected chi connectivity index (χ1v) is 31.5. The molecule has 0 aromatic heterocycles. The van der Waals surface area contributed by atoms with Crippen LogP contribution in [0.2, 0.25) is 0 Å². The SMILES string of the molecule is C/C=C/C[C@@H](C)[C@@H](O)[C@H]1C(=O)N(C)[C@@H](CC)C(=O)N(C)CC(=O)N(C)[C@@H](CC(C)C)C(=S)N[C@@H](C(C)C)C(=O)N(C)[C@@H](CC(C)C)C(=O)N[C@@H](C)C(=O)N[C@H](CO)C(=O)N(C)[C@@H](CC(C)C)C(=O)N(C)[C@@H](CC(C)C)C(=O)N(C)[C@@H](C(C)C)C(=O)N1C. The van der Waals surface area contributed by atoms with Crippen LogP contribution < -0.4 is 16.0 Å². The van der Waals surface area contributed by atoms with E-state index in [1.807, 2.05) is 68.4 Å². The van der Waals surface area contributed by atoms with Crippen molar-refractivity contribution in [3.8, 4) is 0 Å². The third kappa shape index (κ3) is 21.8. The van der Waals surface area contributed by atoms with Gasteiger partial charge in [0, 0.05) is 56.4 Å². The van der Waals surface area contributed by atoms with Crippen molar-refractivity contribution in [2.75, 3.05) is 69.5 Å². The maximum atomic E-state index is 15.3. The number of hydrogen-bond acceptors (Lipinski definition) is 13. The summed E-state index contributed by atoms with van der Waals surface area (Å²) in [5, 5.41) is 31.4. The quantitative estimate of drug-likeness (QED) is 0.110. The Hall–Kier alpha value is -5.75. The van der Waals surface area contributed by atoms with Gasteiger partial charge in [-0.3, -0.25) is 47.9 Å². The number of carbonyl (C=O) groups excluding carboxylic acids is 10. The van der Waals surface area contributed by atoms with E-state index in [1.165, 1.54) is 85.7 Å². The second-order valence-electron chi connectivity index (χ2n) is 26.5. The van der Waals surface area contributed by atoms with Crippen molar-refractivity contribution < 1.29 is 58.2 Å². The van der Waals surface area contributed by atoms with Crippen molar-refractivity contribution >= 4 is 76.3 Å². The molecule has 0 aromatic carbocycles. The summed E-state index contributed by atoms with van der Waals surface area (Å²) in [5.41, 5.74) is 0. The van der Waals surface area contributed by atoms with Gasteiger partial charge in [0.25, 0.3) is 0 Å². The maximum Gasteiger partial charge on any atom is 0.248 e. The highest BCUT2D eigenvalue weighted by atomic mass is 32.1. The third-order valence-electron chi connectivity index (χ3n) is 16.6. The smallest absolute Gasteiger partial charge is 0.248 e. The lowest BCUT2D eigenvalue weighted by molar-refractivity contribution is -0.160. The van der Waals surface area contributed by atoms with Gasteiger partial charge in [0.2, 0.25) is 59.1 Å². The number of carbonyl (C=O) groups is 10. The number of nitrogens with one attached hydrogen (secondary N) is 3. The minimum absolute atomic E-state index is 0.0177. The van der Waals surface area contributed by atoms with E-state index in [0.717, 1.165) is 9.80 Å². The predicted octanol–water partition coefficient (Wildman–Crippen LogP) is 3.38. The fraction of sp³-hybridized carbons (Fsp3) is 0.794. The highest BCUT2D eigenvalue weighted by Gasteiger charge is 2.47. The van der Waals surface area contributed by atoms with Gasteiger partial charge in [-0.15, -0.1) is 0 Å². The van der Waals surface area contributed by atoms with Crippen LogP contribution >= 0.6 is 12.2 Å². The number of likely N-dealkylation sites (N-methyl/N-ethyl adjacent to an activating group) is 8. The second-order valence-corrected chi connectivity index (χ2v) is 26.9. The van der Waals surface area contributed by atoms with E-state index in [1.54, 1.807) is 54.7 Å². The zero-order valence-electron chi connectivity index (χ0n) is 57.2. The summed E-state index contributed by atoms with van der Waals surface area (Å²) in [4.78, 5) is 157. The van der Waals surface area contributed by atoms with E-state index >= 15 is 19.2 Å². The van der Waals surface area contributed by atoms with Crippen LogP contribution in [0, 0.1) is 41.4 Å². The van der Waals surface area contributed by atoms with Gasteiger partial charge in [-0.1, -0.05) is 121 Å². The Kier molecular flexibility index (Phi) is 32.8. The number of allylic oxidation sites excluding steroid dienone is 2. The fourth-order valence-electron chi connectivity index (χ4n) is 11.1. The largest absolute Gasteiger partial charge is 0.394 e. The van der Waals surface area contributed by atoms with E-state index in [-0.39, 0.29) is 54.3 Å². The molecule has 0 saturated carbocycles. The van der Waals surface area contributed by atoms with Gasteiger partial charge in [-0.2, -0.15) is 0 Å². The number of aliphatic hydroxyl groups is 2. The molecule has 24 heteroatoms. The molecule has 87 heavy (non-hydrogen) atoms. The summed E-state index contributed by atoms with van der Waals surface area (Å²) >= 11 is 6.03. The predicted molar refractivity (Wildman–Crippen MR) is 342 cm³/mol. The Balaban J connectivity index is 4.42. The molecular weight excluding hydrogens is 1130 g/mol. The Morgan fingerprint density at radius 3 is 1.38 bits per heavy atom. The number of nitrogens with zero attached hydrogens (tertiary/aromatic N) is 8. The van der Waals surface area contributed by atoms with E-state index < -0.39 is 156 Å². The Morgan fingerprint density at radius 1 is 0.506 bits per heavy atom. The summed E-state index contributed by atoms with van der Waals surface area (Å²) < 4.78 is 0. The maximum absolute atomic E-state index is 15.3. The molecule has 1 aliphatic rings. The number of thiocarbonyl (C=S) groups is 1. The van der Waals surface area contributed by atoms with Crippen LogP contribution in [0.25, 0.3) is 0 Å². The van der Waals surface area contributed by atoms with Gasteiger partial charge in [-0.25, -0.2) is 0 Å². The topological polar surface area (TPSA) is 273 Å². The molecule has 0 unspecified atom stereocenters. The van der Waals surface area contributed by atoms with Crippen molar-refractivity contribution in [3.05, 3.63) is 12.2 Å². The van der Waals surface area contributed by atoms with Crippen molar-refractivity contribution in [1.29, 1.82) is 0 Å².